The lowest BCUT2D eigenvalue weighted by Gasteiger charge is -2.19. The third-order valence-electron chi connectivity index (χ3n) is 2.79. The summed E-state index contributed by atoms with van der Waals surface area (Å²) in [6.07, 6.45) is 1.62. The fourth-order valence-electron chi connectivity index (χ4n) is 1.70. The zero-order valence-electron chi connectivity index (χ0n) is 12.4. The minimum atomic E-state index is -0.599. The van der Waals surface area contributed by atoms with Crippen LogP contribution in [0, 0.1) is 11.6 Å². The SMILES string of the molecule is CC(C)(C)NCc1coc(COc2cc(F)ccc2F)c1. The van der Waals surface area contributed by atoms with Crippen LogP contribution in [0.2, 0.25) is 0 Å². The Bertz CT molecular complexity index is 603. The van der Waals surface area contributed by atoms with E-state index >= 15 is 0 Å². The molecule has 0 radical (unpaired) electrons. The number of furan rings is 1. The average molecular weight is 295 g/mol. The summed E-state index contributed by atoms with van der Waals surface area (Å²) in [5.41, 5.74) is 0.988. The number of rotatable bonds is 5. The lowest BCUT2D eigenvalue weighted by atomic mass is 10.1. The van der Waals surface area contributed by atoms with E-state index < -0.39 is 11.6 Å². The summed E-state index contributed by atoms with van der Waals surface area (Å²) in [7, 11) is 0. The molecule has 0 aliphatic rings. The van der Waals surface area contributed by atoms with Crippen LogP contribution in [0.1, 0.15) is 32.1 Å². The number of nitrogens with one attached hydrogen (secondary N) is 1. The third-order valence-corrected chi connectivity index (χ3v) is 2.79. The molecule has 114 valence electrons. The standard InChI is InChI=1S/C16H19F2NO2/c1-16(2,3)19-8-11-6-13(20-9-11)10-21-15-7-12(17)4-5-14(15)18/h4-7,9,19H,8,10H2,1-3H3. The van der Waals surface area contributed by atoms with Crippen molar-refractivity contribution in [3.8, 4) is 5.75 Å². The highest BCUT2D eigenvalue weighted by atomic mass is 19.1. The Balaban J connectivity index is 1.92. The second kappa shape index (κ2) is 6.26. The van der Waals surface area contributed by atoms with E-state index in [2.05, 4.69) is 26.1 Å². The molecule has 21 heavy (non-hydrogen) atoms. The van der Waals surface area contributed by atoms with E-state index in [0.717, 1.165) is 23.8 Å². The molecule has 0 spiro atoms. The maximum atomic E-state index is 13.4. The smallest absolute Gasteiger partial charge is 0.165 e. The number of ether oxygens (including phenoxy) is 1. The Labute approximate surface area is 122 Å². The minimum absolute atomic E-state index is 0.0125. The van der Waals surface area contributed by atoms with Crippen molar-refractivity contribution in [3.05, 3.63) is 53.5 Å². The van der Waals surface area contributed by atoms with Crippen LogP contribution in [0.4, 0.5) is 8.78 Å². The second-order valence-electron chi connectivity index (χ2n) is 5.89. The number of hydrogen-bond donors (Lipinski definition) is 1. The Morgan fingerprint density at radius 3 is 2.67 bits per heavy atom. The van der Waals surface area contributed by atoms with Crippen LogP contribution in [-0.4, -0.2) is 5.54 Å². The van der Waals surface area contributed by atoms with Gasteiger partial charge in [0.05, 0.1) is 6.26 Å². The molecule has 2 rings (SSSR count). The van der Waals surface area contributed by atoms with Crippen molar-refractivity contribution in [1.29, 1.82) is 0 Å². The van der Waals surface area contributed by atoms with Crippen LogP contribution < -0.4 is 10.1 Å². The van der Waals surface area contributed by atoms with Crippen molar-refractivity contribution in [3.63, 3.8) is 0 Å². The van der Waals surface area contributed by atoms with Gasteiger partial charge in [0.15, 0.2) is 11.6 Å². The van der Waals surface area contributed by atoms with Crippen molar-refractivity contribution in [2.24, 2.45) is 0 Å². The predicted molar refractivity (Wildman–Crippen MR) is 76.0 cm³/mol. The number of hydrogen-bond acceptors (Lipinski definition) is 3. The molecule has 1 N–H and O–H groups in total. The van der Waals surface area contributed by atoms with Crippen LogP contribution in [0.25, 0.3) is 0 Å². The van der Waals surface area contributed by atoms with Crippen LogP contribution >= 0.6 is 0 Å². The number of halogens is 2. The van der Waals surface area contributed by atoms with Gasteiger partial charge in [-0.2, -0.15) is 0 Å². The van der Waals surface area contributed by atoms with E-state index in [1.165, 1.54) is 0 Å². The Morgan fingerprint density at radius 1 is 1.19 bits per heavy atom. The minimum Gasteiger partial charge on any atom is -0.482 e. The number of benzene rings is 1. The fraction of sp³-hybridized carbons (Fsp3) is 0.375. The third kappa shape index (κ3) is 4.86. The molecule has 5 heteroatoms. The fourth-order valence-corrected chi connectivity index (χ4v) is 1.70. The molecule has 0 amide bonds. The van der Waals surface area contributed by atoms with E-state index in [4.69, 9.17) is 9.15 Å². The normalized spacial score (nSPS) is 11.7. The van der Waals surface area contributed by atoms with E-state index in [-0.39, 0.29) is 17.9 Å². The van der Waals surface area contributed by atoms with Crippen molar-refractivity contribution in [2.75, 3.05) is 0 Å². The Hall–Kier alpha value is -1.88. The molecule has 0 aliphatic carbocycles. The van der Waals surface area contributed by atoms with Gasteiger partial charge in [-0.3, -0.25) is 0 Å². The van der Waals surface area contributed by atoms with Gasteiger partial charge in [-0.25, -0.2) is 8.78 Å². The first kappa shape index (κ1) is 15.5. The van der Waals surface area contributed by atoms with Crippen LogP contribution in [-0.2, 0) is 13.2 Å². The molecule has 0 bridgehead atoms. The van der Waals surface area contributed by atoms with Crippen LogP contribution in [0.15, 0.2) is 34.9 Å². The summed E-state index contributed by atoms with van der Waals surface area (Å²) in [5, 5.41) is 3.33. The molecule has 1 heterocycles. The molecule has 0 saturated heterocycles. The zero-order chi connectivity index (χ0) is 15.5. The summed E-state index contributed by atoms with van der Waals surface area (Å²) in [4.78, 5) is 0. The molecule has 0 saturated carbocycles. The molecule has 0 aliphatic heterocycles. The topological polar surface area (TPSA) is 34.4 Å². The van der Waals surface area contributed by atoms with E-state index in [1.807, 2.05) is 6.07 Å². The zero-order valence-corrected chi connectivity index (χ0v) is 12.4. The van der Waals surface area contributed by atoms with Gasteiger partial charge in [0.1, 0.15) is 18.2 Å². The van der Waals surface area contributed by atoms with Gasteiger partial charge in [-0.05, 0) is 39.0 Å². The van der Waals surface area contributed by atoms with Crippen molar-refractivity contribution in [2.45, 2.75) is 39.5 Å². The Morgan fingerprint density at radius 2 is 1.95 bits per heavy atom. The van der Waals surface area contributed by atoms with Gasteiger partial charge < -0.3 is 14.5 Å². The van der Waals surface area contributed by atoms with Gasteiger partial charge in [0.25, 0.3) is 0 Å². The van der Waals surface area contributed by atoms with Crippen molar-refractivity contribution < 1.29 is 17.9 Å². The molecule has 0 atom stereocenters. The molecule has 0 unspecified atom stereocenters. The van der Waals surface area contributed by atoms with Crippen LogP contribution in [0.3, 0.4) is 0 Å². The summed E-state index contributed by atoms with van der Waals surface area (Å²) < 4.78 is 37.0. The first-order valence-corrected chi connectivity index (χ1v) is 6.73. The second-order valence-corrected chi connectivity index (χ2v) is 5.89. The maximum Gasteiger partial charge on any atom is 0.165 e. The quantitative estimate of drug-likeness (QED) is 0.904. The summed E-state index contributed by atoms with van der Waals surface area (Å²) in [5.74, 6) is -0.705. The van der Waals surface area contributed by atoms with Crippen molar-refractivity contribution in [1.82, 2.24) is 5.32 Å². The highest BCUT2D eigenvalue weighted by Crippen LogP contribution is 2.20. The van der Waals surface area contributed by atoms with Gasteiger partial charge in [0, 0.05) is 23.7 Å². The predicted octanol–water partition coefficient (Wildman–Crippen LogP) is 4.02. The first-order chi connectivity index (χ1) is 9.83. The maximum absolute atomic E-state index is 13.4. The summed E-state index contributed by atoms with van der Waals surface area (Å²) >= 11 is 0. The molecule has 0 fully saturated rings. The van der Waals surface area contributed by atoms with Crippen molar-refractivity contribution >= 4 is 0 Å². The lowest BCUT2D eigenvalue weighted by molar-refractivity contribution is 0.257. The average Bonchev–Trinajstić information content (AvgIpc) is 2.85. The van der Waals surface area contributed by atoms with Gasteiger partial charge in [0.2, 0.25) is 0 Å². The Kier molecular flexibility index (Phi) is 4.63. The molecular weight excluding hydrogens is 276 g/mol. The van der Waals surface area contributed by atoms with E-state index in [9.17, 15) is 8.78 Å². The molecule has 3 nitrogen and oxygen atoms in total. The first-order valence-electron chi connectivity index (χ1n) is 6.73. The highest BCUT2D eigenvalue weighted by Gasteiger charge is 2.11. The van der Waals surface area contributed by atoms with Gasteiger partial charge >= 0.3 is 0 Å². The monoisotopic (exact) mass is 295 g/mol. The van der Waals surface area contributed by atoms with Gasteiger partial charge in [-0.1, -0.05) is 0 Å². The molecule has 1 aromatic heterocycles. The van der Waals surface area contributed by atoms with Gasteiger partial charge in [-0.15, -0.1) is 0 Å². The highest BCUT2D eigenvalue weighted by molar-refractivity contribution is 5.25. The molecular formula is C16H19F2NO2. The lowest BCUT2D eigenvalue weighted by Crippen LogP contribution is -2.34. The largest absolute Gasteiger partial charge is 0.482 e. The van der Waals surface area contributed by atoms with Crippen LogP contribution in [0.5, 0.6) is 5.75 Å². The summed E-state index contributed by atoms with van der Waals surface area (Å²) in [6.45, 7) is 6.94. The summed E-state index contributed by atoms with van der Waals surface area (Å²) in [6, 6.07) is 4.92. The van der Waals surface area contributed by atoms with E-state index in [1.54, 1.807) is 6.26 Å². The molecule has 1 aromatic carbocycles. The van der Waals surface area contributed by atoms with E-state index in [0.29, 0.717) is 12.3 Å². The molecule has 2 aromatic rings.